The first-order valence-electron chi connectivity index (χ1n) is 9.61. The molecule has 142 valence electrons. The van der Waals surface area contributed by atoms with Gasteiger partial charge in [0.15, 0.2) is 9.84 Å². The topological polar surface area (TPSA) is 54.4 Å². The van der Waals surface area contributed by atoms with Crippen LogP contribution in [0.25, 0.3) is 0 Å². The first-order valence-corrected chi connectivity index (χ1v) is 11.3. The van der Waals surface area contributed by atoms with Crippen LogP contribution in [0.5, 0.6) is 0 Å². The second-order valence-corrected chi connectivity index (χ2v) is 11.2. The average Bonchev–Trinajstić information content (AvgIpc) is 2.53. The molecule has 1 aromatic rings. The smallest absolute Gasteiger partial charge is 0.152 e. The molecule has 0 unspecified atom stereocenters. The second-order valence-electron chi connectivity index (χ2n) is 8.56. The van der Waals surface area contributed by atoms with Gasteiger partial charge in [-0.2, -0.15) is 0 Å². The number of hydrogen-bond acceptors (Lipinski definition) is 3. The number of sulfone groups is 1. The van der Waals surface area contributed by atoms with Gasteiger partial charge in [-0.1, -0.05) is 37.1 Å². The fraction of sp³-hybridized carbons (Fsp3) is 0.714. The fourth-order valence-corrected chi connectivity index (χ4v) is 5.03. The maximum absolute atomic E-state index is 12.1. The van der Waals surface area contributed by atoms with Crippen LogP contribution < -0.4 is 0 Å². The standard InChI is InChI=1S/C21H34O3S/c1-16(2)25(23,24)15-19-9-7-17(8-10-19)5-6-18-11-13-20(14-12-18)21(3,4)22/h11-14,16-17,19,22H,5-10,15H2,1-4H3. The molecular formula is C21H34O3S. The Morgan fingerprint density at radius 3 is 2.04 bits per heavy atom. The third kappa shape index (κ3) is 6.10. The molecular weight excluding hydrogens is 332 g/mol. The van der Waals surface area contributed by atoms with Crippen LogP contribution in [0.1, 0.15) is 70.9 Å². The number of aliphatic hydroxyl groups is 1. The molecule has 0 spiro atoms. The Hall–Kier alpha value is -0.870. The van der Waals surface area contributed by atoms with Crippen molar-refractivity contribution in [3.63, 3.8) is 0 Å². The van der Waals surface area contributed by atoms with E-state index in [2.05, 4.69) is 12.1 Å². The van der Waals surface area contributed by atoms with Gasteiger partial charge in [0, 0.05) is 0 Å². The van der Waals surface area contributed by atoms with E-state index in [0.717, 1.165) is 37.7 Å². The predicted octanol–water partition coefficient (Wildman–Crippen LogP) is 4.48. The summed E-state index contributed by atoms with van der Waals surface area (Å²) in [4.78, 5) is 0. The van der Waals surface area contributed by atoms with Gasteiger partial charge >= 0.3 is 0 Å². The summed E-state index contributed by atoms with van der Waals surface area (Å²) in [6, 6.07) is 8.27. The molecule has 0 aliphatic heterocycles. The first-order chi connectivity index (χ1) is 11.6. The van der Waals surface area contributed by atoms with Crippen LogP contribution in [-0.4, -0.2) is 24.5 Å². The summed E-state index contributed by atoms with van der Waals surface area (Å²) in [5.74, 6) is 1.44. The molecule has 0 bridgehead atoms. The molecule has 0 saturated heterocycles. The summed E-state index contributed by atoms with van der Waals surface area (Å²) in [5.41, 5.74) is 1.48. The molecule has 25 heavy (non-hydrogen) atoms. The van der Waals surface area contributed by atoms with Gasteiger partial charge in [-0.15, -0.1) is 0 Å². The number of aryl methyl sites for hydroxylation is 1. The van der Waals surface area contributed by atoms with Crippen LogP contribution in [0.3, 0.4) is 0 Å². The molecule has 0 atom stereocenters. The van der Waals surface area contributed by atoms with Gasteiger partial charge in [0.05, 0.1) is 16.6 Å². The van der Waals surface area contributed by atoms with E-state index in [4.69, 9.17) is 0 Å². The van der Waals surface area contributed by atoms with E-state index in [0.29, 0.717) is 17.6 Å². The van der Waals surface area contributed by atoms with Crippen LogP contribution in [0.4, 0.5) is 0 Å². The molecule has 0 radical (unpaired) electrons. The molecule has 1 aliphatic carbocycles. The quantitative estimate of drug-likeness (QED) is 0.774. The van der Waals surface area contributed by atoms with Crippen molar-refractivity contribution in [1.82, 2.24) is 0 Å². The minimum absolute atomic E-state index is 0.253. The highest BCUT2D eigenvalue weighted by Crippen LogP contribution is 2.33. The van der Waals surface area contributed by atoms with E-state index in [1.807, 2.05) is 12.1 Å². The van der Waals surface area contributed by atoms with Gasteiger partial charge in [-0.3, -0.25) is 0 Å². The zero-order valence-corrected chi connectivity index (χ0v) is 17.0. The van der Waals surface area contributed by atoms with Crippen molar-refractivity contribution in [2.45, 2.75) is 77.1 Å². The number of hydrogen-bond donors (Lipinski definition) is 1. The van der Waals surface area contributed by atoms with E-state index in [-0.39, 0.29) is 5.25 Å². The summed E-state index contributed by atoms with van der Waals surface area (Å²) in [6.07, 6.45) is 6.64. The lowest BCUT2D eigenvalue weighted by molar-refractivity contribution is 0.0786. The van der Waals surface area contributed by atoms with Crippen molar-refractivity contribution in [3.8, 4) is 0 Å². The van der Waals surface area contributed by atoms with E-state index in [1.54, 1.807) is 27.7 Å². The van der Waals surface area contributed by atoms with Crippen molar-refractivity contribution >= 4 is 9.84 Å². The van der Waals surface area contributed by atoms with Crippen LogP contribution in [0, 0.1) is 11.8 Å². The van der Waals surface area contributed by atoms with Crippen LogP contribution in [0.2, 0.25) is 0 Å². The third-order valence-corrected chi connectivity index (χ3v) is 8.03. The summed E-state index contributed by atoms with van der Waals surface area (Å²) >= 11 is 0. The average molecular weight is 367 g/mol. The Labute approximate surface area is 153 Å². The normalized spacial score (nSPS) is 22.3. The summed E-state index contributed by atoms with van der Waals surface area (Å²) in [7, 11) is -2.91. The lowest BCUT2D eigenvalue weighted by Gasteiger charge is -2.29. The summed E-state index contributed by atoms with van der Waals surface area (Å²) in [5, 5.41) is 9.76. The Bertz CT molecular complexity index is 631. The SMILES string of the molecule is CC(C)S(=O)(=O)CC1CCC(CCc2ccc(C(C)(C)O)cc2)CC1. The van der Waals surface area contributed by atoms with E-state index in [1.165, 1.54) is 12.0 Å². The minimum atomic E-state index is -2.91. The third-order valence-electron chi connectivity index (χ3n) is 5.65. The van der Waals surface area contributed by atoms with Crippen molar-refractivity contribution in [3.05, 3.63) is 35.4 Å². The molecule has 2 rings (SSSR count). The molecule has 0 heterocycles. The highest BCUT2D eigenvalue weighted by Gasteiger charge is 2.27. The minimum Gasteiger partial charge on any atom is -0.386 e. The Kier molecular flexibility index (Phi) is 6.72. The molecule has 1 aromatic carbocycles. The molecule has 4 heteroatoms. The Morgan fingerprint density at radius 1 is 1.04 bits per heavy atom. The van der Waals surface area contributed by atoms with E-state index >= 15 is 0 Å². The monoisotopic (exact) mass is 366 g/mol. The van der Waals surface area contributed by atoms with Gasteiger partial charge in [0.25, 0.3) is 0 Å². The van der Waals surface area contributed by atoms with Crippen molar-refractivity contribution in [1.29, 1.82) is 0 Å². The van der Waals surface area contributed by atoms with Crippen LogP contribution >= 0.6 is 0 Å². The van der Waals surface area contributed by atoms with Crippen molar-refractivity contribution in [2.75, 3.05) is 5.75 Å². The molecule has 1 aliphatic rings. The highest BCUT2D eigenvalue weighted by atomic mass is 32.2. The van der Waals surface area contributed by atoms with Crippen LogP contribution in [0.15, 0.2) is 24.3 Å². The summed E-state index contributed by atoms with van der Waals surface area (Å²) in [6.45, 7) is 7.17. The largest absolute Gasteiger partial charge is 0.386 e. The zero-order chi connectivity index (χ0) is 18.7. The molecule has 1 saturated carbocycles. The van der Waals surface area contributed by atoms with Gasteiger partial charge in [-0.25, -0.2) is 8.42 Å². The van der Waals surface area contributed by atoms with Gasteiger partial charge in [0.2, 0.25) is 0 Å². The highest BCUT2D eigenvalue weighted by molar-refractivity contribution is 7.91. The molecule has 0 amide bonds. The zero-order valence-electron chi connectivity index (χ0n) is 16.2. The molecule has 1 fully saturated rings. The first kappa shape index (κ1) is 20.4. The maximum Gasteiger partial charge on any atom is 0.152 e. The second kappa shape index (κ2) is 8.22. The maximum atomic E-state index is 12.1. The van der Waals surface area contributed by atoms with Crippen molar-refractivity contribution in [2.24, 2.45) is 11.8 Å². The molecule has 3 nitrogen and oxygen atoms in total. The molecule has 0 aromatic heterocycles. The van der Waals surface area contributed by atoms with Crippen molar-refractivity contribution < 1.29 is 13.5 Å². The van der Waals surface area contributed by atoms with E-state index < -0.39 is 15.4 Å². The van der Waals surface area contributed by atoms with Crippen LogP contribution in [-0.2, 0) is 21.9 Å². The van der Waals surface area contributed by atoms with E-state index in [9.17, 15) is 13.5 Å². The van der Waals surface area contributed by atoms with Gasteiger partial charge < -0.3 is 5.11 Å². The predicted molar refractivity (Wildman–Crippen MR) is 104 cm³/mol. The Morgan fingerprint density at radius 2 is 1.56 bits per heavy atom. The Balaban J connectivity index is 1.77. The number of benzene rings is 1. The lowest BCUT2D eigenvalue weighted by Crippen LogP contribution is -2.26. The van der Waals surface area contributed by atoms with Gasteiger partial charge in [0.1, 0.15) is 0 Å². The fourth-order valence-electron chi connectivity index (χ4n) is 3.66. The lowest BCUT2D eigenvalue weighted by atomic mass is 9.80. The summed E-state index contributed by atoms with van der Waals surface area (Å²) < 4.78 is 24.1. The number of rotatable bonds is 7. The van der Waals surface area contributed by atoms with Gasteiger partial charge in [-0.05, 0) is 76.3 Å². The molecule has 1 N–H and O–H groups in total.